The van der Waals surface area contributed by atoms with Crippen LogP contribution in [0, 0.1) is 6.90 Å². The minimum atomic E-state index is -0.0587. The third kappa shape index (κ3) is 1.09. The average Bonchev–Trinajstić information content (AvgIpc) is 2.16. The number of pyridine rings is 1. The van der Waals surface area contributed by atoms with E-state index in [1.165, 1.54) is 6.07 Å². The summed E-state index contributed by atoms with van der Waals surface area (Å²) < 4.78 is 29.9. The number of hydrogen-bond donors (Lipinski definition) is 0. The van der Waals surface area contributed by atoms with Crippen molar-refractivity contribution in [1.82, 2.24) is 4.98 Å². The van der Waals surface area contributed by atoms with Crippen molar-refractivity contribution in [3.63, 3.8) is 0 Å². The molecule has 54 valence electrons. The number of para-hydroxylation sites is 1. The smallest absolute Gasteiger partial charge is 0.0705 e. The summed E-state index contributed by atoms with van der Waals surface area (Å²) in [6.07, 6.45) is 0. The molecule has 2 aromatic rings. The van der Waals surface area contributed by atoms with Gasteiger partial charge in [-0.3, -0.25) is 4.98 Å². The summed E-state index contributed by atoms with van der Waals surface area (Å²) in [5, 5.41) is 0.620. The molecule has 0 unspecified atom stereocenters. The van der Waals surface area contributed by atoms with Crippen LogP contribution >= 0.6 is 0 Å². The Morgan fingerprint density at radius 2 is 2.45 bits per heavy atom. The zero-order valence-corrected chi connectivity index (χ0v) is 5.89. The van der Waals surface area contributed by atoms with Crippen molar-refractivity contribution in [1.29, 1.82) is 0 Å². The molecule has 0 N–H and O–H groups in total. The fourth-order valence-corrected chi connectivity index (χ4v) is 0.928. The van der Waals surface area contributed by atoms with Crippen LogP contribution in [0.5, 0.6) is 0 Å². The Kier molecular flexibility index (Phi) is 0.715. The van der Waals surface area contributed by atoms with Crippen molar-refractivity contribution in [2.45, 2.75) is 6.90 Å². The van der Waals surface area contributed by atoms with Crippen LogP contribution in [0.1, 0.15) is 11.2 Å². The van der Waals surface area contributed by atoms with Crippen LogP contribution in [0.3, 0.4) is 0 Å². The molecule has 0 amide bonds. The molecule has 0 bridgehead atoms. The molecule has 0 aliphatic heterocycles. The third-order valence-electron chi connectivity index (χ3n) is 1.45. The predicted octanol–water partition coefficient (Wildman–Crippen LogP) is 2.54. The normalized spacial score (nSPS) is 15.3. The molecule has 1 nitrogen and oxygen atoms in total. The first kappa shape index (κ1) is 3.35. The molecule has 0 aliphatic carbocycles. The maximum atomic E-state index is 7.64. The Hall–Kier alpha value is -1.37. The van der Waals surface area contributed by atoms with E-state index in [4.69, 9.17) is 5.48 Å². The SMILES string of the molecule is [2H]Cc1[15n][13c]2[13c]([2H])[13cH][13c]([2H])[13cH][13c]2cc1[2H]. The molecule has 11 heavy (non-hydrogen) atoms. The van der Waals surface area contributed by atoms with Crippen molar-refractivity contribution in [3.05, 3.63) is 42.0 Å². The summed E-state index contributed by atoms with van der Waals surface area (Å²) in [7, 11) is 0. The van der Waals surface area contributed by atoms with Gasteiger partial charge in [0.15, 0.2) is 0 Å². The number of rotatable bonds is 0. The molecule has 0 aliphatic rings. The van der Waals surface area contributed by atoms with Gasteiger partial charge in [0.1, 0.15) is 0 Å². The van der Waals surface area contributed by atoms with Gasteiger partial charge in [-0.15, -0.1) is 0 Å². The summed E-state index contributed by atoms with van der Waals surface area (Å²) in [4.78, 5) is 4.09. The summed E-state index contributed by atoms with van der Waals surface area (Å²) in [5.41, 5.74) is 0.831. The van der Waals surface area contributed by atoms with Crippen LogP contribution in [-0.4, -0.2) is 4.98 Å². The van der Waals surface area contributed by atoms with E-state index < -0.39 is 0 Å². The predicted molar refractivity (Wildman–Crippen MR) is 46.5 cm³/mol. The van der Waals surface area contributed by atoms with Crippen LogP contribution < -0.4 is 0 Å². The maximum Gasteiger partial charge on any atom is 0.0705 e. The highest BCUT2D eigenvalue weighted by molar-refractivity contribution is 5.78. The summed E-state index contributed by atoms with van der Waals surface area (Å²) in [5.74, 6) is 0. The first-order valence-electron chi connectivity index (χ1n) is 5.49. The molecule has 0 radical (unpaired) electrons. The molecule has 0 spiro atoms. The van der Waals surface area contributed by atoms with Crippen LogP contribution in [0.25, 0.3) is 10.9 Å². The summed E-state index contributed by atoms with van der Waals surface area (Å²) in [6.45, 7) is -0.0587. The highest BCUT2D eigenvalue weighted by Crippen LogP contribution is 2.10. The molecular formula is C10H9N. The molecule has 1 heteroatoms. The Morgan fingerprint density at radius 3 is 3.36 bits per heavy atom. The quantitative estimate of drug-likeness (QED) is 0.568. The Balaban J connectivity index is 2.81. The number of hydrogen-bond acceptors (Lipinski definition) is 1. The van der Waals surface area contributed by atoms with E-state index in [2.05, 4.69) is 4.98 Å². The van der Waals surface area contributed by atoms with Crippen molar-refractivity contribution in [2.24, 2.45) is 0 Å². The fraction of sp³-hybridized carbons (Fsp3) is 0.100. The van der Waals surface area contributed by atoms with Gasteiger partial charge in [-0.05, 0) is 19.0 Å². The summed E-state index contributed by atoms with van der Waals surface area (Å²) >= 11 is 0. The van der Waals surface area contributed by atoms with Gasteiger partial charge in [-0.1, -0.05) is 24.2 Å². The largest absolute Gasteiger partial charge is 0.253 e. The van der Waals surface area contributed by atoms with Gasteiger partial charge in [-0.2, -0.15) is 0 Å². The highest BCUT2D eigenvalue weighted by Gasteiger charge is 1.90. The topological polar surface area (TPSA) is 12.9 Å². The highest BCUT2D eigenvalue weighted by atomic mass is 15.6. The minimum absolute atomic E-state index is 0.0587. The van der Waals surface area contributed by atoms with Gasteiger partial charge in [-0.25, -0.2) is 0 Å². The van der Waals surface area contributed by atoms with Crippen molar-refractivity contribution in [2.75, 3.05) is 0 Å². The van der Waals surface area contributed by atoms with Crippen molar-refractivity contribution < 1.29 is 5.48 Å². The van der Waals surface area contributed by atoms with E-state index >= 15 is 0 Å². The molecule has 0 saturated heterocycles. The van der Waals surface area contributed by atoms with Gasteiger partial charge in [0.2, 0.25) is 0 Å². The van der Waals surface area contributed by atoms with Gasteiger partial charge in [0.05, 0.1) is 9.63 Å². The monoisotopic (exact) mass is 154 g/mol. The van der Waals surface area contributed by atoms with E-state index in [-0.39, 0.29) is 25.0 Å². The van der Waals surface area contributed by atoms with Gasteiger partial charge in [0, 0.05) is 12.5 Å². The third-order valence-corrected chi connectivity index (χ3v) is 1.45. The fourth-order valence-electron chi connectivity index (χ4n) is 0.928. The second kappa shape index (κ2) is 2.35. The number of aromatic nitrogens is 1. The van der Waals surface area contributed by atoms with Gasteiger partial charge < -0.3 is 0 Å². The van der Waals surface area contributed by atoms with Crippen molar-refractivity contribution in [3.8, 4) is 0 Å². The molecule has 0 atom stereocenters. The minimum Gasteiger partial charge on any atom is -0.253 e. The molecule has 1 aromatic heterocycles. The standard InChI is InChI=1S/C10H9N/c1-8-6-7-9-4-2-3-5-10(9)11-8/h2-7H,1H3/i1D,2+1D,3+1,4+1,5+1D,6D,9+1,10+1,11+1. The first-order valence-corrected chi connectivity index (χ1v) is 3.28. The van der Waals surface area contributed by atoms with Crippen LogP contribution in [0.15, 0.2) is 36.3 Å². The van der Waals surface area contributed by atoms with E-state index in [9.17, 15) is 0 Å². The average molecular weight is 154 g/mol. The number of fused-ring (bicyclic) bond motifs is 1. The lowest BCUT2D eigenvalue weighted by Gasteiger charge is -1.95. The zero-order chi connectivity index (χ0) is 11.0. The molecular weight excluding hydrogens is 141 g/mol. The van der Waals surface area contributed by atoms with E-state index in [1.54, 1.807) is 12.1 Å². The Labute approximate surface area is 71.3 Å². The van der Waals surface area contributed by atoms with Crippen molar-refractivity contribution >= 4 is 10.9 Å². The Morgan fingerprint density at radius 1 is 1.45 bits per heavy atom. The van der Waals surface area contributed by atoms with E-state index in [0.29, 0.717) is 16.6 Å². The second-order valence-corrected chi connectivity index (χ2v) is 2.25. The Bertz CT molecular complexity index is 524. The second-order valence-electron chi connectivity index (χ2n) is 2.25. The zero-order valence-electron chi connectivity index (χ0n) is 9.89. The lowest BCUT2D eigenvalue weighted by atomic mass is 10.5. The lowest BCUT2D eigenvalue weighted by molar-refractivity contribution is 1.26. The summed E-state index contributed by atoms with van der Waals surface area (Å²) in [6, 6.07) is 5.16. The van der Waals surface area contributed by atoms with Gasteiger partial charge >= 0.3 is 0 Å². The van der Waals surface area contributed by atoms with Gasteiger partial charge in [0.25, 0.3) is 0 Å². The lowest BCUT2D eigenvalue weighted by Crippen LogP contribution is -1.80. The molecule has 1 heterocycles. The number of nitrogens with zero attached hydrogens (tertiary/aromatic N) is 1. The first-order chi connectivity index (χ1) is 7.11. The molecule has 1 aromatic carbocycles. The number of benzene rings is 1. The van der Waals surface area contributed by atoms with Crippen LogP contribution in [0.2, 0.25) is 0 Å². The maximum absolute atomic E-state index is 7.64. The van der Waals surface area contributed by atoms with Crippen LogP contribution in [-0.2, 0) is 0 Å². The molecule has 0 saturated carbocycles. The molecule has 2 rings (SSSR count). The van der Waals surface area contributed by atoms with Crippen LogP contribution in [0.4, 0.5) is 0 Å². The molecule has 0 fully saturated rings. The van der Waals surface area contributed by atoms with E-state index in [0.717, 1.165) is 0 Å². The van der Waals surface area contributed by atoms with E-state index in [1.807, 2.05) is 0 Å². The number of aryl methyl sites for hydroxylation is 1.